The maximum absolute atomic E-state index is 12.1. The number of halogens is 1. The molecule has 0 radical (unpaired) electrons. The van der Waals surface area contributed by atoms with Gasteiger partial charge < -0.3 is 5.32 Å². The van der Waals surface area contributed by atoms with E-state index in [0.29, 0.717) is 11.7 Å². The van der Waals surface area contributed by atoms with Gasteiger partial charge in [0.05, 0.1) is 16.4 Å². The number of hydrogen-bond donors (Lipinski definition) is 1. The number of carbonyl (C=O) groups excluding carboxylic acids is 1. The molecule has 0 unspecified atom stereocenters. The van der Waals surface area contributed by atoms with Gasteiger partial charge in [0, 0.05) is 54.5 Å². The topological polar surface area (TPSA) is 72.7 Å². The minimum Gasteiger partial charge on any atom is -0.353 e. The predicted molar refractivity (Wildman–Crippen MR) is 123 cm³/mol. The fourth-order valence-corrected chi connectivity index (χ4v) is 4.13. The molecule has 3 aromatic rings. The van der Waals surface area contributed by atoms with E-state index in [0.717, 1.165) is 59.8 Å². The Labute approximate surface area is 186 Å². The van der Waals surface area contributed by atoms with Crippen LogP contribution in [0.2, 0.25) is 5.15 Å². The normalized spacial score (nSPS) is 11.3. The third kappa shape index (κ3) is 6.00. The first kappa shape index (κ1) is 22.2. The van der Waals surface area contributed by atoms with Gasteiger partial charge in [-0.2, -0.15) is 5.10 Å². The van der Waals surface area contributed by atoms with Gasteiger partial charge >= 0.3 is 0 Å². The zero-order valence-electron chi connectivity index (χ0n) is 17.3. The van der Waals surface area contributed by atoms with E-state index in [1.54, 1.807) is 34.5 Å². The molecule has 0 fully saturated rings. The SMILES string of the molecule is CCCCn1nc(C)c(/C=C/C(=O)NCCCc2nc(-c3ccncc3)cs2)c1Cl. The third-order valence-electron chi connectivity index (χ3n) is 4.63. The molecular formula is C22H26ClN5OS. The van der Waals surface area contributed by atoms with E-state index >= 15 is 0 Å². The molecule has 0 aliphatic heterocycles. The molecule has 1 N–H and O–H groups in total. The highest BCUT2D eigenvalue weighted by Crippen LogP contribution is 2.22. The lowest BCUT2D eigenvalue weighted by atomic mass is 10.2. The molecule has 1 amide bonds. The van der Waals surface area contributed by atoms with Gasteiger partial charge in [0.25, 0.3) is 0 Å². The van der Waals surface area contributed by atoms with Crippen molar-refractivity contribution < 1.29 is 4.79 Å². The highest BCUT2D eigenvalue weighted by atomic mass is 35.5. The molecule has 30 heavy (non-hydrogen) atoms. The largest absolute Gasteiger partial charge is 0.353 e. The third-order valence-corrected chi connectivity index (χ3v) is 5.94. The van der Waals surface area contributed by atoms with Crippen molar-refractivity contribution in [1.82, 2.24) is 25.1 Å². The highest BCUT2D eigenvalue weighted by molar-refractivity contribution is 7.09. The van der Waals surface area contributed by atoms with Crippen molar-refractivity contribution in [2.75, 3.05) is 6.54 Å². The molecule has 0 aliphatic rings. The minimum atomic E-state index is -0.136. The number of aryl methyl sites for hydroxylation is 3. The number of unbranched alkanes of at least 4 members (excludes halogenated alkanes) is 1. The fourth-order valence-electron chi connectivity index (χ4n) is 2.96. The molecule has 3 rings (SSSR count). The lowest BCUT2D eigenvalue weighted by Crippen LogP contribution is -2.22. The van der Waals surface area contributed by atoms with E-state index in [-0.39, 0.29) is 5.91 Å². The number of aromatic nitrogens is 4. The Morgan fingerprint density at radius 3 is 2.87 bits per heavy atom. The van der Waals surface area contributed by atoms with E-state index in [4.69, 9.17) is 11.6 Å². The average molecular weight is 444 g/mol. The molecule has 6 nitrogen and oxygen atoms in total. The van der Waals surface area contributed by atoms with Crippen LogP contribution >= 0.6 is 22.9 Å². The van der Waals surface area contributed by atoms with Crippen molar-refractivity contribution in [1.29, 1.82) is 0 Å². The molecule has 3 heterocycles. The molecule has 0 atom stereocenters. The quantitative estimate of drug-likeness (QED) is 0.356. The lowest BCUT2D eigenvalue weighted by molar-refractivity contribution is -0.116. The summed E-state index contributed by atoms with van der Waals surface area (Å²) >= 11 is 8.04. The van der Waals surface area contributed by atoms with Gasteiger partial charge in [0.2, 0.25) is 5.91 Å². The van der Waals surface area contributed by atoms with Crippen molar-refractivity contribution in [2.24, 2.45) is 0 Å². The zero-order chi connectivity index (χ0) is 21.3. The second-order valence-corrected chi connectivity index (χ2v) is 8.26. The van der Waals surface area contributed by atoms with Crippen molar-refractivity contribution >= 4 is 34.9 Å². The molecule has 0 saturated heterocycles. The first-order chi connectivity index (χ1) is 14.6. The number of nitrogens with zero attached hydrogens (tertiary/aromatic N) is 4. The molecule has 8 heteroatoms. The summed E-state index contributed by atoms with van der Waals surface area (Å²) in [7, 11) is 0. The van der Waals surface area contributed by atoms with Crippen LogP contribution in [0.15, 0.2) is 36.0 Å². The Balaban J connectivity index is 1.44. The molecule has 158 valence electrons. The van der Waals surface area contributed by atoms with Crippen LogP contribution in [0.4, 0.5) is 0 Å². The average Bonchev–Trinajstić information content (AvgIpc) is 3.33. The molecule has 3 aromatic heterocycles. The van der Waals surface area contributed by atoms with E-state index in [1.807, 2.05) is 19.1 Å². The maximum Gasteiger partial charge on any atom is 0.244 e. The number of pyridine rings is 1. The maximum atomic E-state index is 12.1. The van der Waals surface area contributed by atoms with Gasteiger partial charge in [0.1, 0.15) is 5.15 Å². The van der Waals surface area contributed by atoms with E-state index in [1.165, 1.54) is 6.08 Å². The van der Waals surface area contributed by atoms with Crippen molar-refractivity contribution in [3.8, 4) is 11.3 Å². The van der Waals surface area contributed by atoms with Gasteiger partial charge in [-0.3, -0.25) is 14.5 Å². The number of carbonyl (C=O) groups is 1. The Hall–Kier alpha value is -2.51. The van der Waals surface area contributed by atoms with Gasteiger partial charge in [-0.1, -0.05) is 24.9 Å². The minimum absolute atomic E-state index is 0.136. The summed E-state index contributed by atoms with van der Waals surface area (Å²) in [5.74, 6) is -0.136. The van der Waals surface area contributed by atoms with Gasteiger partial charge in [-0.05, 0) is 38.0 Å². The summed E-state index contributed by atoms with van der Waals surface area (Å²) in [5.41, 5.74) is 3.66. The Morgan fingerprint density at radius 1 is 1.30 bits per heavy atom. The van der Waals surface area contributed by atoms with Crippen LogP contribution in [-0.2, 0) is 17.8 Å². The van der Waals surface area contributed by atoms with Crippen LogP contribution in [0, 0.1) is 6.92 Å². The van der Waals surface area contributed by atoms with Crippen LogP contribution in [0.5, 0.6) is 0 Å². The molecule has 0 aromatic carbocycles. The first-order valence-electron chi connectivity index (χ1n) is 10.1. The summed E-state index contributed by atoms with van der Waals surface area (Å²) in [6.07, 6.45) is 10.6. The number of rotatable bonds is 10. The number of thiazole rings is 1. The zero-order valence-corrected chi connectivity index (χ0v) is 18.8. The number of amides is 1. The van der Waals surface area contributed by atoms with Crippen LogP contribution in [0.1, 0.15) is 42.5 Å². The lowest BCUT2D eigenvalue weighted by Gasteiger charge is -2.01. The monoisotopic (exact) mass is 443 g/mol. The molecular weight excluding hydrogens is 418 g/mol. The molecule has 0 spiro atoms. The number of hydrogen-bond acceptors (Lipinski definition) is 5. The Morgan fingerprint density at radius 2 is 2.10 bits per heavy atom. The number of nitrogens with one attached hydrogen (secondary N) is 1. The molecule has 0 saturated carbocycles. The summed E-state index contributed by atoms with van der Waals surface area (Å²) in [6, 6.07) is 3.90. The van der Waals surface area contributed by atoms with Crippen molar-refractivity contribution in [2.45, 2.75) is 46.1 Å². The predicted octanol–water partition coefficient (Wildman–Crippen LogP) is 4.93. The Kier molecular flexibility index (Phi) is 8.16. The molecule has 0 aliphatic carbocycles. The summed E-state index contributed by atoms with van der Waals surface area (Å²) in [5, 5.41) is 11.1. The van der Waals surface area contributed by atoms with Crippen LogP contribution in [0.25, 0.3) is 17.3 Å². The van der Waals surface area contributed by atoms with Crippen LogP contribution in [0.3, 0.4) is 0 Å². The van der Waals surface area contributed by atoms with Gasteiger partial charge in [-0.15, -0.1) is 11.3 Å². The standard InChI is InChI=1S/C22H26ClN5OS/c1-3-4-14-28-22(23)18(16(2)27-28)7-8-20(29)25-11-5-6-21-26-19(15-30-21)17-9-12-24-13-10-17/h7-10,12-13,15H,3-6,11,14H2,1-2H3,(H,25,29)/b8-7+. The fraction of sp³-hybridized carbons (Fsp3) is 0.364. The first-order valence-corrected chi connectivity index (χ1v) is 11.4. The van der Waals surface area contributed by atoms with Crippen molar-refractivity contribution in [3.05, 3.63) is 57.4 Å². The van der Waals surface area contributed by atoms with E-state index < -0.39 is 0 Å². The highest BCUT2D eigenvalue weighted by Gasteiger charge is 2.11. The second kappa shape index (κ2) is 11.0. The second-order valence-electron chi connectivity index (χ2n) is 6.96. The Bertz CT molecular complexity index is 996. The van der Waals surface area contributed by atoms with E-state index in [9.17, 15) is 4.79 Å². The van der Waals surface area contributed by atoms with Crippen molar-refractivity contribution in [3.63, 3.8) is 0 Å². The molecule has 0 bridgehead atoms. The van der Waals surface area contributed by atoms with Gasteiger partial charge in [-0.25, -0.2) is 4.98 Å². The van der Waals surface area contributed by atoms with Crippen LogP contribution in [-0.4, -0.2) is 32.2 Å². The van der Waals surface area contributed by atoms with Gasteiger partial charge in [0.15, 0.2) is 0 Å². The summed E-state index contributed by atoms with van der Waals surface area (Å²) in [4.78, 5) is 20.8. The smallest absolute Gasteiger partial charge is 0.244 e. The summed E-state index contributed by atoms with van der Waals surface area (Å²) < 4.78 is 1.80. The van der Waals surface area contributed by atoms with E-state index in [2.05, 4.69) is 32.7 Å². The van der Waals surface area contributed by atoms with Crippen LogP contribution < -0.4 is 5.32 Å². The summed E-state index contributed by atoms with van der Waals surface area (Å²) in [6.45, 7) is 5.41.